The Morgan fingerprint density at radius 3 is 1.81 bits per heavy atom. The number of benzene rings is 1. The van der Waals surface area contributed by atoms with Gasteiger partial charge in [-0.1, -0.05) is 35.7 Å². The fraction of sp³-hybridized carbons (Fsp3) is 0.640. The summed E-state index contributed by atoms with van der Waals surface area (Å²) >= 11 is 11.9. The zero-order chi connectivity index (χ0) is 26.3. The number of carboxylic acids is 2. The quantitative estimate of drug-likeness (QED) is 0.304. The Balaban J connectivity index is 0.000000678. The molecule has 2 saturated heterocycles. The zero-order valence-electron chi connectivity index (χ0n) is 20.8. The van der Waals surface area contributed by atoms with Crippen LogP contribution >= 0.6 is 23.2 Å². The second-order valence-electron chi connectivity index (χ2n) is 9.18. The molecule has 1 amide bonds. The number of carbonyl (C=O) groups is 3. The third kappa shape index (κ3) is 12.4. The predicted octanol–water partition coefficient (Wildman–Crippen LogP) is 2.69. The Hall–Kier alpha value is -1.91. The standard InChI is InChI=1S/C23H36Cl2N4O.C2H2O4/c24-21-7-6-20(18-22(21)25)19-23(30)26-8-4-11-28-14-16-29(17-15-28)13-5-12-27-9-2-1-3-10-27;3-1(4)2(5)6/h6-7,18H,1-5,8-17,19H2,(H,26,30);(H,3,4)(H,5,6). The van der Waals surface area contributed by atoms with Crippen molar-refractivity contribution < 1.29 is 24.6 Å². The van der Waals surface area contributed by atoms with Crippen molar-refractivity contribution in [3.63, 3.8) is 0 Å². The fourth-order valence-electron chi connectivity index (χ4n) is 4.37. The highest BCUT2D eigenvalue weighted by Crippen LogP contribution is 2.22. The molecular formula is C25H38Cl2N4O5. The Morgan fingerprint density at radius 1 is 0.750 bits per heavy atom. The largest absolute Gasteiger partial charge is 0.473 e. The first-order valence-corrected chi connectivity index (χ1v) is 13.3. The molecule has 0 unspecified atom stereocenters. The number of carboxylic acid groups (broad SMARTS) is 2. The lowest BCUT2D eigenvalue weighted by molar-refractivity contribution is -0.159. The second kappa shape index (κ2) is 16.8. The van der Waals surface area contributed by atoms with E-state index in [0.717, 1.165) is 38.2 Å². The van der Waals surface area contributed by atoms with Crippen LogP contribution in [0.4, 0.5) is 0 Å². The molecule has 1 aromatic rings. The van der Waals surface area contributed by atoms with E-state index in [1.54, 1.807) is 12.1 Å². The van der Waals surface area contributed by atoms with Crippen LogP contribution in [-0.2, 0) is 20.8 Å². The van der Waals surface area contributed by atoms with Crippen LogP contribution in [0.25, 0.3) is 0 Å². The summed E-state index contributed by atoms with van der Waals surface area (Å²) in [7, 11) is 0. The molecular weight excluding hydrogens is 507 g/mol. The van der Waals surface area contributed by atoms with E-state index in [1.807, 2.05) is 6.07 Å². The predicted molar refractivity (Wildman–Crippen MR) is 141 cm³/mol. The number of hydrogen-bond acceptors (Lipinski definition) is 6. The maximum absolute atomic E-state index is 12.1. The lowest BCUT2D eigenvalue weighted by Crippen LogP contribution is -2.47. The molecule has 36 heavy (non-hydrogen) atoms. The number of piperazine rings is 1. The summed E-state index contributed by atoms with van der Waals surface area (Å²) in [6, 6.07) is 5.34. The van der Waals surface area contributed by atoms with E-state index in [1.165, 1.54) is 65.0 Å². The van der Waals surface area contributed by atoms with Crippen molar-refractivity contribution in [2.75, 3.05) is 65.4 Å². The highest BCUT2D eigenvalue weighted by Gasteiger charge is 2.17. The van der Waals surface area contributed by atoms with Crippen molar-refractivity contribution in [2.24, 2.45) is 0 Å². The van der Waals surface area contributed by atoms with Gasteiger partial charge in [-0.3, -0.25) is 4.79 Å². The maximum Gasteiger partial charge on any atom is 0.414 e. The number of hydrogen-bond donors (Lipinski definition) is 3. The van der Waals surface area contributed by atoms with Gasteiger partial charge in [-0.2, -0.15) is 0 Å². The number of likely N-dealkylation sites (tertiary alicyclic amines) is 1. The van der Waals surface area contributed by atoms with Crippen LogP contribution in [0.15, 0.2) is 18.2 Å². The van der Waals surface area contributed by atoms with Crippen LogP contribution in [0.1, 0.15) is 37.7 Å². The van der Waals surface area contributed by atoms with Gasteiger partial charge in [0.25, 0.3) is 0 Å². The summed E-state index contributed by atoms with van der Waals surface area (Å²) in [5.41, 5.74) is 0.887. The number of halogens is 2. The monoisotopic (exact) mass is 544 g/mol. The van der Waals surface area contributed by atoms with Gasteiger partial charge in [0.05, 0.1) is 16.5 Å². The van der Waals surface area contributed by atoms with E-state index in [-0.39, 0.29) is 5.91 Å². The van der Waals surface area contributed by atoms with E-state index in [0.29, 0.717) is 16.5 Å². The highest BCUT2D eigenvalue weighted by molar-refractivity contribution is 6.42. The molecule has 0 saturated carbocycles. The lowest BCUT2D eigenvalue weighted by atomic mass is 10.1. The lowest BCUT2D eigenvalue weighted by Gasteiger charge is -2.35. The Labute approximate surface area is 223 Å². The normalized spacial score (nSPS) is 17.2. The van der Waals surface area contributed by atoms with Crippen LogP contribution in [0, 0.1) is 0 Å². The Morgan fingerprint density at radius 2 is 1.28 bits per heavy atom. The van der Waals surface area contributed by atoms with Gasteiger partial charge in [0, 0.05) is 32.7 Å². The molecule has 11 heteroatoms. The molecule has 9 nitrogen and oxygen atoms in total. The van der Waals surface area contributed by atoms with Crippen LogP contribution < -0.4 is 5.32 Å². The first kappa shape index (κ1) is 30.3. The summed E-state index contributed by atoms with van der Waals surface area (Å²) in [4.78, 5) is 38.1. The third-order valence-corrected chi connectivity index (χ3v) is 7.11. The minimum atomic E-state index is -1.82. The van der Waals surface area contributed by atoms with E-state index in [4.69, 9.17) is 43.0 Å². The van der Waals surface area contributed by atoms with Gasteiger partial charge in [-0.05, 0) is 76.1 Å². The van der Waals surface area contributed by atoms with Crippen molar-refractivity contribution in [2.45, 2.75) is 38.5 Å². The molecule has 3 rings (SSSR count). The molecule has 1 aromatic carbocycles. The molecule has 0 aliphatic carbocycles. The number of piperidine rings is 1. The molecule has 0 spiro atoms. The van der Waals surface area contributed by atoms with Crippen molar-refractivity contribution in [3.8, 4) is 0 Å². The molecule has 2 aliphatic rings. The summed E-state index contributed by atoms with van der Waals surface area (Å²) < 4.78 is 0. The van der Waals surface area contributed by atoms with E-state index >= 15 is 0 Å². The molecule has 2 aliphatic heterocycles. The van der Waals surface area contributed by atoms with Gasteiger partial charge in [0.1, 0.15) is 0 Å². The molecule has 3 N–H and O–H groups in total. The van der Waals surface area contributed by atoms with Gasteiger partial charge < -0.3 is 30.2 Å². The molecule has 0 atom stereocenters. The van der Waals surface area contributed by atoms with Crippen LogP contribution in [0.2, 0.25) is 10.0 Å². The Bertz CT molecular complexity index is 832. The minimum Gasteiger partial charge on any atom is -0.473 e. The summed E-state index contributed by atoms with van der Waals surface area (Å²) in [5, 5.41) is 18.8. The van der Waals surface area contributed by atoms with E-state index in [9.17, 15) is 4.79 Å². The van der Waals surface area contributed by atoms with Crippen LogP contribution in [0.5, 0.6) is 0 Å². The average Bonchev–Trinajstić information content (AvgIpc) is 2.86. The zero-order valence-corrected chi connectivity index (χ0v) is 22.3. The van der Waals surface area contributed by atoms with Gasteiger partial charge in [-0.25, -0.2) is 9.59 Å². The molecule has 0 aromatic heterocycles. The van der Waals surface area contributed by atoms with Gasteiger partial charge in [0.15, 0.2) is 0 Å². The van der Waals surface area contributed by atoms with E-state index in [2.05, 4.69) is 20.0 Å². The first-order chi connectivity index (χ1) is 17.2. The van der Waals surface area contributed by atoms with Crippen molar-refractivity contribution in [1.82, 2.24) is 20.0 Å². The molecule has 0 radical (unpaired) electrons. The summed E-state index contributed by atoms with van der Waals surface area (Å²) in [6.45, 7) is 11.5. The SMILES string of the molecule is O=C(Cc1ccc(Cl)c(Cl)c1)NCCCN1CCN(CCCN2CCCCC2)CC1.O=C(O)C(=O)O. The van der Waals surface area contributed by atoms with Gasteiger partial charge in [0.2, 0.25) is 5.91 Å². The fourth-order valence-corrected chi connectivity index (χ4v) is 4.69. The van der Waals surface area contributed by atoms with Gasteiger partial charge >= 0.3 is 11.9 Å². The number of nitrogens with one attached hydrogen (secondary N) is 1. The van der Waals surface area contributed by atoms with Crippen molar-refractivity contribution in [3.05, 3.63) is 33.8 Å². The number of carbonyl (C=O) groups excluding carboxylic acids is 1. The third-order valence-electron chi connectivity index (χ3n) is 6.37. The molecule has 2 heterocycles. The summed E-state index contributed by atoms with van der Waals surface area (Å²) in [6.07, 6.45) is 6.81. The highest BCUT2D eigenvalue weighted by atomic mass is 35.5. The number of aliphatic carboxylic acids is 2. The molecule has 202 valence electrons. The van der Waals surface area contributed by atoms with Crippen molar-refractivity contribution in [1.29, 1.82) is 0 Å². The molecule has 0 bridgehead atoms. The number of amides is 1. The minimum absolute atomic E-state index is 0.0342. The second-order valence-corrected chi connectivity index (χ2v) is 9.99. The topological polar surface area (TPSA) is 113 Å². The maximum atomic E-state index is 12.1. The van der Waals surface area contributed by atoms with Crippen LogP contribution in [0.3, 0.4) is 0 Å². The average molecular weight is 546 g/mol. The smallest absolute Gasteiger partial charge is 0.414 e. The van der Waals surface area contributed by atoms with Gasteiger partial charge in [-0.15, -0.1) is 0 Å². The Kier molecular flexibility index (Phi) is 14.1. The number of nitrogens with zero attached hydrogens (tertiary/aromatic N) is 3. The first-order valence-electron chi connectivity index (χ1n) is 12.6. The molecule has 2 fully saturated rings. The number of rotatable bonds is 10. The summed E-state index contributed by atoms with van der Waals surface area (Å²) in [5.74, 6) is -3.61. The van der Waals surface area contributed by atoms with E-state index < -0.39 is 11.9 Å². The van der Waals surface area contributed by atoms with Crippen LogP contribution in [-0.4, -0.2) is 108 Å². The van der Waals surface area contributed by atoms with Crippen molar-refractivity contribution >= 4 is 41.0 Å².